The van der Waals surface area contributed by atoms with Crippen LogP contribution in [0.3, 0.4) is 0 Å². The zero-order chi connectivity index (χ0) is 20.0. The number of fused-ring (bicyclic) bond motifs is 3. The Bertz CT molecular complexity index is 879. The molecule has 2 atom stereocenters. The van der Waals surface area contributed by atoms with Crippen molar-refractivity contribution in [1.82, 2.24) is 9.88 Å². The number of para-hydroxylation sites is 2. The molecule has 0 saturated carbocycles. The molecule has 0 bridgehead atoms. The number of aromatic nitrogens is 1. The van der Waals surface area contributed by atoms with E-state index in [-0.39, 0.29) is 24.4 Å². The maximum Gasteiger partial charge on any atom is 0.323 e. The van der Waals surface area contributed by atoms with E-state index in [4.69, 9.17) is 10.8 Å². The summed E-state index contributed by atoms with van der Waals surface area (Å²) >= 11 is 0. The van der Waals surface area contributed by atoms with E-state index >= 15 is 0 Å². The Kier molecular flexibility index (Phi) is 6.96. The summed E-state index contributed by atoms with van der Waals surface area (Å²) in [5, 5.41) is 13.7. The Balaban J connectivity index is 0.000000227. The molecule has 0 aliphatic rings. The molecule has 3 aromatic rings. The van der Waals surface area contributed by atoms with Crippen LogP contribution < -0.4 is 11.1 Å². The van der Waals surface area contributed by atoms with Gasteiger partial charge in [-0.15, -0.1) is 0 Å². The standard InChI is InChI=1S/C14H11NO2.C7H16N2O/c16-14(17)9-15-12-7-3-1-5-10(12)11-6-2-4-8-13(11)15;1-4-5(2)6(8)7(10)9-3/h1-8H,9H2,(H,16,17);5-6H,4,8H2,1-3H3,(H,9,10)/t;5?,6-/m.1/s1. The van der Waals surface area contributed by atoms with Crippen LogP contribution in [0, 0.1) is 5.92 Å². The molecular formula is C21H27N3O3. The van der Waals surface area contributed by atoms with Crippen molar-refractivity contribution < 1.29 is 14.7 Å². The quantitative estimate of drug-likeness (QED) is 0.644. The van der Waals surface area contributed by atoms with Gasteiger partial charge >= 0.3 is 5.97 Å². The van der Waals surface area contributed by atoms with Gasteiger partial charge in [-0.25, -0.2) is 0 Å². The van der Waals surface area contributed by atoms with Gasteiger partial charge in [-0.2, -0.15) is 0 Å². The van der Waals surface area contributed by atoms with Gasteiger partial charge in [-0.3, -0.25) is 9.59 Å². The van der Waals surface area contributed by atoms with Crippen LogP contribution in [-0.2, 0) is 16.1 Å². The second-order valence-corrected chi connectivity index (χ2v) is 6.54. The number of nitrogens with one attached hydrogen (secondary N) is 1. The highest BCUT2D eigenvalue weighted by Gasteiger charge is 2.17. The first-order valence-electron chi connectivity index (χ1n) is 9.05. The average Bonchev–Trinajstić information content (AvgIpc) is 3.00. The molecule has 1 unspecified atom stereocenters. The van der Waals surface area contributed by atoms with Crippen molar-refractivity contribution in [3.8, 4) is 0 Å². The predicted molar refractivity (Wildman–Crippen MR) is 109 cm³/mol. The van der Waals surface area contributed by atoms with Crippen molar-refractivity contribution in [1.29, 1.82) is 0 Å². The van der Waals surface area contributed by atoms with E-state index in [9.17, 15) is 9.59 Å². The molecule has 1 heterocycles. The summed E-state index contributed by atoms with van der Waals surface area (Å²) in [5.74, 6) is -0.634. The number of likely N-dealkylation sites (N-methyl/N-ethyl adjacent to an activating group) is 1. The van der Waals surface area contributed by atoms with Crippen LogP contribution in [0.15, 0.2) is 48.5 Å². The molecule has 0 spiro atoms. The molecule has 1 aromatic heterocycles. The van der Waals surface area contributed by atoms with Crippen LogP contribution in [-0.4, -0.2) is 34.6 Å². The molecule has 27 heavy (non-hydrogen) atoms. The predicted octanol–water partition coefficient (Wildman–Crippen LogP) is 2.98. The summed E-state index contributed by atoms with van der Waals surface area (Å²) in [6, 6.07) is 15.4. The van der Waals surface area contributed by atoms with Gasteiger partial charge in [-0.1, -0.05) is 56.7 Å². The van der Waals surface area contributed by atoms with E-state index in [1.165, 1.54) is 0 Å². The number of nitrogens with two attached hydrogens (primary N) is 1. The fourth-order valence-electron chi connectivity index (χ4n) is 2.99. The highest BCUT2D eigenvalue weighted by molar-refractivity contribution is 6.08. The maximum absolute atomic E-state index is 10.9. The third kappa shape index (κ3) is 4.65. The van der Waals surface area contributed by atoms with E-state index in [0.717, 1.165) is 28.2 Å². The third-order valence-corrected chi connectivity index (χ3v) is 4.78. The zero-order valence-electron chi connectivity index (χ0n) is 16.0. The minimum absolute atomic E-state index is 0.00593. The summed E-state index contributed by atoms with van der Waals surface area (Å²) in [7, 11) is 1.60. The van der Waals surface area contributed by atoms with E-state index in [1.54, 1.807) is 7.05 Å². The van der Waals surface area contributed by atoms with E-state index in [0.29, 0.717) is 0 Å². The molecule has 4 N–H and O–H groups in total. The Labute approximate surface area is 159 Å². The molecule has 0 aliphatic carbocycles. The monoisotopic (exact) mass is 369 g/mol. The van der Waals surface area contributed by atoms with Gasteiger partial charge in [-0.05, 0) is 18.1 Å². The topological polar surface area (TPSA) is 97.3 Å². The minimum Gasteiger partial charge on any atom is -0.480 e. The normalized spacial score (nSPS) is 12.9. The molecule has 3 rings (SSSR count). The molecular weight excluding hydrogens is 342 g/mol. The molecule has 6 nitrogen and oxygen atoms in total. The number of carbonyl (C=O) groups excluding carboxylic acids is 1. The molecule has 1 amide bonds. The van der Waals surface area contributed by atoms with Crippen molar-refractivity contribution in [3.63, 3.8) is 0 Å². The lowest BCUT2D eigenvalue weighted by Crippen LogP contribution is -2.43. The summed E-state index contributed by atoms with van der Waals surface area (Å²) < 4.78 is 1.84. The smallest absolute Gasteiger partial charge is 0.323 e. The van der Waals surface area contributed by atoms with E-state index < -0.39 is 5.97 Å². The first-order valence-corrected chi connectivity index (χ1v) is 9.05. The summed E-state index contributed by atoms with van der Waals surface area (Å²) in [4.78, 5) is 21.8. The van der Waals surface area contributed by atoms with Crippen LogP contribution in [0.1, 0.15) is 20.3 Å². The first kappa shape index (κ1) is 20.5. The van der Waals surface area contributed by atoms with Crippen molar-refractivity contribution in [2.45, 2.75) is 32.9 Å². The Morgan fingerprint density at radius 1 is 1.07 bits per heavy atom. The number of carboxylic acids is 1. The Hall–Kier alpha value is -2.86. The van der Waals surface area contributed by atoms with Gasteiger partial charge in [0.25, 0.3) is 0 Å². The third-order valence-electron chi connectivity index (χ3n) is 4.78. The van der Waals surface area contributed by atoms with Crippen LogP contribution in [0.5, 0.6) is 0 Å². The minimum atomic E-state index is -0.823. The number of carboxylic acid groups (broad SMARTS) is 1. The van der Waals surface area contributed by atoms with Crippen LogP contribution >= 0.6 is 0 Å². The summed E-state index contributed by atoms with van der Waals surface area (Å²) in [6.45, 7) is 3.99. The Morgan fingerprint density at radius 3 is 1.96 bits per heavy atom. The van der Waals surface area contributed by atoms with Crippen molar-refractivity contribution in [2.24, 2.45) is 11.7 Å². The number of rotatable bonds is 5. The number of hydrogen-bond donors (Lipinski definition) is 3. The van der Waals surface area contributed by atoms with Crippen molar-refractivity contribution in [2.75, 3.05) is 7.05 Å². The second kappa shape index (κ2) is 9.19. The SMILES string of the molecule is CCC(C)[C@@H](N)C(=O)NC.O=C(O)Cn1c2ccccc2c2ccccc21. The maximum atomic E-state index is 10.9. The van der Waals surface area contributed by atoms with Crippen LogP contribution in [0.2, 0.25) is 0 Å². The fraction of sp³-hybridized carbons (Fsp3) is 0.333. The first-order chi connectivity index (χ1) is 12.9. The number of nitrogens with zero attached hydrogens (tertiary/aromatic N) is 1. The highest BCUT2D eigenvalue weighted by Crippen LogP contribution is 2.28. The van der Waals surface area contributed by atoms with Crippen LogP contribution in [0.4, 0.5) is 0 Å². The lowest BCUT2D eigenvalue weighted by molar-refractivity contribution is -0.137. The van der Waals surface area contributed by atoms with Gasteiger partial charge in [0, 0.05) is 28.9 Å². The van der Waals surface area contributed by atoms with Gasteiger partial charge in [0.15, 0.2) is 0 Å². The largest absolute Gasteiger partial charge is 0.480 e. The van der Waals surface area contributed by atoms with E-state index in [1.807, 2.05) is 66.9 Å². The number of carbonyl (C=O) groups is 2. The van der Waals surface area contributed by atoms with Crippen LogP contribution in [0.25, 0.3) is 21.8 Å². The summed E-state index contributed by atoms with van der Waals surface area (Å²) in [5.41, 5.74) is 7.51. The fourth-order valence-corrected chi connectivity index (χ4v) is 2.99. The number of benzene rings is 2. The average molecular weight is 369 g/mol. The van der Waals surface area contributed by atoms with Gasteiger partial charge in [0.1, 0.15) is 6.54 Å². The van der Waals surface area contributed by atoms with Gasteiger partial charge in [0.05, 0.1) is 6.04 Å². The molecule has 0 fully saturated rings. The van der Waals surface area contributed by atoms with Gasteiger partial charge < -0.3 is 20.7 Å². The lowest BCUT2D eigenvalue weighted by Gasteiger charge is -2.15. The number of hydrogen-bond acceptors (Lipinski definition) is 3. The zero-order valence-corrected chi connectivity index (χ0v) is 16.0. The second-order valence-electron chi connectivity index (χ2n) is 6.54. The van der Waals surface area contributed by atoms with Crippen molar-refractivity contribution in [3.05, 3.63) is 48.5 Å². The molecule has 6 heteroatoms. The van der Waals surface area contributed by atoms with Gasteiger partial charge in [0.2, 0.25) is 5.91 Å². The Morgan fingerprint density at radius 2 is 1.56 bits per heavy atom. The van der Waals surface area contributed by atoms with E-state index in [2.05, 4.69) is 5.32 Å². The number of aliphatic carboxylic acids is 1. The molecule has 2 aromatic carbocycles. The summed E-state index contributed by atoms with van der Waals surface area (Å²) in [6.07, 6.45) is 0.939. The van der Waals surface area contributed by atoms with Crippen molar-refractivity contribution >= 4 is 33.7 Å². The lowest BCUT2D eigenvalue weighted by atomic mass is 10.00. The highest BCUT2D eigenvalue weighted by atomic mass is 16.4. The molecule has 0 aliphatic heterocycles. The molecule has 0 radical (unpaired) electrons. The number of amides is 1. The molecule has 144 valence electrons. The molecule has 0 saturated heterocycles.